The number of urea groups is 1. The fourth-order valence-corrected chi connectivity index (χ4v) is 2.61. The van der Waals surface area contributed by atoms with Crippen LogP contribution >= 0.6 is 0 Å². The van der Waals surface area contributed by atoms with Crippen LogP contribution in [0.1, 0.15) is 5.69 Å². The summed E-state index contributed by atoms with van der Waals surface area (Å²) in [6.45, 7) is 0.283. The zero-order valence-corrected chi connectivity index (χ0v) is 15.4. The molecule has 2 heterocycles. The number of aryl methyl sites for hydroxylation is 1. The Hall–Kier alpha value is -3.55. The van der Waals surface area contributed by atoms with Gasteiger partial charge < -0.3 is 20.1 Å². The number of carbonyl (C=O) groups excluding carboxylic acids is 1. The quantitative estimate of drug-likeness (QED) is 0.699. The highest BCUT2D eigenvalue weighted by Crippen LogP contribution is 2.28. The third-order valence-electron chi connectivity index (χ3n) is 3.94. The lowest BCUT2D eigenvalue weighted by Gasteiger charge is -2.12. The molecule has 3 aromatic rings. The molecule has 0 aliphatic carbocycles. The zero-order chi connectivity index (χ0) is 19.2. The van der Waals surface area contributed by atoms with Crippen LogP contribution in [0.4, 0.5) is 10.5 Å². The summed E-state index contributed by atoms with van der Waals surface area (Å²) in [5, 5.41) is 9.96. The molecule has 0 bridgehead atoms. The molecule has 0 aliphatic rings. The average Bonchev–Trinajstić information content (AvgIpc) is 3.08. The molecule has 0 aliphatic heterocycles. The Morgan fingerprint density at radius 3 is 2.70 bits per heavy atom. The lowest BCUT2D eigenvalue weighted by atomic mass is 10.2. The van der Waals surface area contributed by atoms with Crippen LogP contribution in [0.2, 0.25) is 0 Å². The summed E-state index contributed by atoms with van der Waals surface area (Å²) in [4.78, 5) is 16.5. The molecule has 0 radical (unpaired) electrons. The van der Waals surface area contributed by atoms with E-state index in [1.54, 1.807) is 36.2 Å². The molecule has 0 saturated carbocycles. The Morgan fingerprint density at radius 2 is 2.00 bits per heavy atom. The number of methoxy groups -OCH3 is 2. The summed E-state index contributed by atoms with van der Waals surface area (Å²) < 4.78 is 12.2. The number of benzene rings is 1. The van der Waals surface area contributed by atoms with E-state index in [4.69, 9.17) is 9.47 Å². The third-order valence-corrected chi connectivity index (χ3v) is 3.94. The maximum Gasteiger partial charge on any atom is 0.319 e. The molecule has 0 atom stereocenters. The minimum Gasteiger partial charge on any atom is -0.497 e. The van der Waals surface area contributed by atoms with Crippen LogP contribution in [0, 0.1) is 0 Å². The minimum atomic E-state index is -0.358. The molecule has 0 spiro atoms. The first kappa shape index (κ1) is 18.2. The van der Waals surface area contributed by atoms with Crippen molar-refractivity contribution >= 4 is 11.7 Å². The van der Waals surface area contributed by atoms with Gasteiger partial charge in [-0.3, -0.25) is 9.67 Å². The number of amides is 2. The number of nitrogens with one attached hydrogen (secondary N) is 2. The van der Waals surface area contributed by atoms with Gasteiger partial charge in [0.1, 0.15) is 11.5 Å². The van der Waals surface area contributed by atoms with Crippen molar-refractivity contribution in [3.05, 3.63) is 54.4 Å². The Labute approximate surface area is 157 Å². The fraction of sp³-hybridized carbons (Fsp3) is 0.211. The van der Waals surface area contributed by atoms with E-state index >= 15 is 0 Å². The van der Waals surface area contributed by atoms with Crippen LogP contribution in [0.5, 0.6) is 11.5 Å². The Kier molecular flexibility index (Phi) is 5.55. The van der Waals surface area contributed by atoms with E-state index < -0.39 is 0 Å². The normalized spacial score (nSPS) is 10.3. The first-order valence-electron chi connectivity index (χ1n) is 8.32. The van der Waals surface area contributed by atoms with E-state index in [1.165, 1.54) is 7.11 Å². The second-order valence-corrected chi connectivity index (χ2v) is 5.73. The van der Waals surface area contributed by atoms with Gasteiger partial charge in [-0.25, -0.2) is 4.79 Å². The summed E-state index contributed by atoms with van der Waals surface area (Å²) in [6, 6.07) is 12.4. The number of hydrogen-bond acceptors (Lipinski definition) is 5. The standard InChI is InChI=1S/C19H21N5O3/c1-24-17(15-6-4-5-9-20-15)10-13(23-24)12-21-19(25)22-16-8-7-14(26-2)11-18(16)27-3/h4-11H,12H2,1-3H3,(H2,21,22,25). The van der Waals surface area contributed by atoms with Crippen molar-refractivity contribution in [2.24, 2.45) is 7.05 Å². The average molecular weight is 367 g/mol. The molecule has 27 heavy (non-hydrogen) atoms. The number of nitrogens with zero attached hydrogens (tertiary/aromatic N) is 3. The number of aromatic nitrogens is 3. The smallest absolute Gasteiger partial charge is 0.319 e. The highest BCUT2D eigenvalue weighted by molar-refractivity contribution is 5.91. The molecule has 0 saturated heterocycles. The van der Waals surface area contributed by atoms with Crippen LogP contribution in [0.15, 0.2) is 48.7 Å². The largest absolute Gasteiger partial charge is 0.497 e. The first-order valence-corrected chi connectivity index (χ1v) is 8.32. The summed E-state index contributed by atoms with van der Waals surface area (Å²) in [5.41, 5.74) is 2.98. The molecule has 3 rings (SSSR count). The Morgan fingerprint density at radius 1 is 1.15 bits per heavy atom. The number of hydrogen-bond donors (Lipinski definition) is 2. The summed E-state index contributed by atoms with van der Waals surface area (Å²) in [6.07, 6.45) is 1.73. The van der Waals surface area contributed by atoms with E-state index in [2.05, 4.69) is 20.7 Å². The second kappa shape index (κ2) is 8.22. The highest BCUT2D eigenvalue weighted by Gasteiger charge is 2.11. The van der Waals surface area contributed by atoms with Crippen molar-refractivity contribution in [3.63, 3.8) is 0 Å². The van der Waals surface area contributed by atoms with E-state index in [0.717, 1.165) is 17.1 Å². The fourth-order valence-electron chi connectivity index (χ4n) is 2.61. The number of anilines is 1. The number of ether oxygens (including phenoxy) is 2. The summed E-state index contributed by atoms with van der Waals surface area (Å²) in [5.74, 6) is 1.16. The number of carbonyl (C=O) groups is 1. The van der Waals surface area contributed by atoms with Crippen molar-refractivity contribution in [1.82, 2.24) is 20.1 Å². The van der Waals surface area contributed by atoms with E-state index in [-0.39, 0.29) is 12.6 Å². The van der Waals surface area contributed by atoms with Crippen LogP contribution in [-0.2, 0) is 13.6 Å². The van der Waals surface area contributed by atoms with Crippen molar-refractivity contribution in [3.8, 4) is 22.9 Å². The molecule has 2 amide bonds. The molecule has 2 aromatic heterocycles. The molecular weight excluding hydrogens is 346 g/mol. The Bertz CT molecular complexity index is 924. The Balaban J connectivity index is 1.63. The van der Waals surface area contributed by atoms with E-state index in [9.17, 15) is 4.79 Å². The zero-order valence-electron chi connectivity index (χ0n) is 15.4. The van der Waals surface area contributed by atoms with Gasteiger partial charge in [0.2, 0.25) is 0 Å². The first-order chi connectivity index (χ1) is 13.1. The van der Waals surface area contributed by atoms with Crippen molar-refractivity contribution in [2.75, 3.05) is 19.5 Å². The molecule has 0 unspecified atom stereocenters. The molecule has 140 valence electrons. The molecule has 0 fully saturated rings. The molecule has 8 heteroatoms. The van der Waals surface area contributed by atoms with Gasteiger partial charge >= 0.3 is 6.03 Å². The van der Waals surface area contributed by atoms with Gasteiger partial charge in [0.05, 0.1) is 43.5 Å². The van der Waals surface area contributed by atoms with Crippen LogP contribution in [-0.4, -0.2) is 35.0 Å². The lowest BCUT2D eigenvalue weighted by Crippen LogP contribution is -2.28. The van der Waals surface area contributed by atoms with Gasteiger partial charge in [-0.1, -0.05) is 6.07 Å². The van der Waals surface area contributed by atoms with Gasteiger partial charge in [-0.05, 0) is 30.3 Å². The van der Waals surface area contributed by atoms with Gasteiger partial charge in [0, 0.05) is 19.3 Å². The molecule has 1 aromatic carbocycles. The van der Waals surface area contributed by atoms with E-state index in [0.29, 0.717) is 17.2 Å². The van der Waals surface area contributed by atoms with Crippen molar-refractivity contribution < 1.29 is 14.3 Å². The maximum atomic E-state index is 12.2. The number of rotatable bonds is 6. The van der Waals surface area contributed by atoms with Crippen molar-refractivity contribution in [1.29, 1.82) is 0 Å². The lowest BCUT2D eigenvalue weighted by molar-refractivity contribution is 0.251. The van der Waals surface area contributed by atoms with Crippen LogP contribution < -0.4 is 20.1 Å². The molecule has 8 nitrogen and oxygen atoms in total. The van der Waals surface area contributed by atoms with E-state index in [1.807, 2.05) is 31.3 Å². The van der Waals surface area contributed by atoms with Gasteiger partial charge in [0.15, 0.2) is 0 Å². The van der Waals surface area contributed by atoms with Gasteiger partial charge in [-0.2, -0.15) is 5.10 Å². The number of pyridine rings is 1. The van der Waals surface area contributed by atoms with Gasteiger partial charge in [-0.15, -0.1) is 0 Å². The topological polar surface area (TPSA) is 90.3 Å². The predicted molar refractivity (Wildman–Crippen MR) is 102 cm³/mol. The maximum absolute atomic E-state index is 12.2. The summed E-state index contributed by atoms with van der Waals surface area (Å²) in [7, 11) is 4.95. The summed E-state index contributed by atoms with van der Waals surface area (Å²) >= 11 is 0. The highest BCUT2D eigenvalue weighted by atomic mass is 16.5. The van der Waals surface area contributed by atoms with Crippen LogP contribution in [0.3, 0.4) is 0 Å². The van der Waals surface area contributed by atoms with Crippen LogP contribution in [0.25, 0.3) is 11.4 Å². The minimum absolute atomic E-state index is 0.283. The third kappa shape index (κ3) is 4.35. The second-order valence-electron chi connectivity index (χ2n) is 5.73. The predicted octanol–water partition coefficient (Wildman–Crippen LogP) is 2.82. The van der Waals surface area contributed by atoms with Gasteiger partial charge in [0.25, 0.3) is 0 Å². The SMILES string of the molecule is COc1ccc(NC(=O)NCc2cc(-c3ccccn3)n(C)n2)c(OC)c1. The molecule has 2 N–H and O–H groups in total. The monoisotopic (exact) mass is 367 g/mol. The molecular formula is C19H21N5O3. The van der Waals surface area contributed by atoms with Crippen molar-refractivity contribution in [2.45, 2.75) is 6.54 Å².